The number of halogens is 1. The summed E-state index contributed by atoms with van der Waals surface area (Å²) < 4.78 is 19.3. The van der Waals surface area contributed by atoms with Gasteiger partial charge in [0.2, 0.25) is 0 Å². The van der Waals surface area contributed by atoms with Gasteiger partial charge in [-0.15, -0.1) is 0 Å². The quantitative estimate of drug-likeness (QED) is 0.417. The van der Waals surface area contributed by atoms with Crippen LogP contribution in [0, 0.1) is 5.82 Å². The van der Waals surface area contributed by atoms with Gasteiger partial charge in [-0.05, 0) is 42.3 Å². The van der Waals surface area contributed by atoms with Gasteiger partial charge in [0.25, 0.3) is 0 Å². The molecule has 2 heteroatoms. The highest BCUT2D eigenvalue weighted by molar-refractivity contribution is 5.88. The maximum atomic E-state index is 13.3. The molecule has 1 nitrogen and oxygen atoms in total. The van der Waals surface area contributed by atoms with Crippen molar-refractivity contribution in [2.75, 3.05) is 0 Å². The Morgan fingerprint density at radius 1 is 0.800 bits per heavy atom. The predicted octanol–water partition coefficient (Wildman–Crippen LogP) is 6.49. The van der Waals surface area contributed by atoms with Crippen LogP contribution in [-0.4, -0.2) is 0 Å². The van der Waals surface area contributed by atoms with E-state index in [1.807, 2.05) is 36.4 Å². The summed E-state index contributed by atoms with van der Waals surface area (Å²) in [6, 6.07) is 24.7. The van der Waals surface area contributed by atoms with Crippen LogP contribution >= 0.6 is 0 Å². The topological polar surface area (TPSA) is 13.1 Å². The lowest BCUT2D eigenvalue weighted by atomic mass is 10.0. The summed E-state index contributed by atoms with van der Waals surface area (Å²) in [6.45, 7) is 0. The highest BCUT2D eigenvalue weighted by Crippen LogP contribution is 2.34. The Kier molecular flexibility index (Phi) is 4.17. The van der Waals surface area contributed by atoms with Gasteiger partial charge < -0.3 is 4.42 Å². The smallest absolute Gasteiger partial charge is 0.138 e. The third-order valence-electron chi connectivity index (χ3n) is 4.24. The van der Waals surface area contributed by atoms with E-state index in [-0.39, 0.29) is 5.82 Å². The average Bonchev–Trinajstić information content (AvgIpc) is 3.02. The Balaban J connectivity index is 1.74. The molecule has 0 amide bonds. The molecule has 0 bridgehead atoms. The average molecular weight is 328 g/mol. The molecular weight excluding hydrogens is 311 g/mol. The fourth-order valence-electron chi connectivity index (χ4n) is 3.01. The zero-order valence-corrected chi connectivity index (χ0v) is 13.7. The highest BCUT2D eigenvalue weighted by atomic mass is 19.1. The Hall–Kier alpha value is -3.13. The fraction of sp³-hybridized carbons (Fsp3) is 0.0435. The van der Waals surface area contributed by atoms with Gasteiger partial charge in [-0.3, -0.25) is 0 Å². The van der Waals surface area contributed by atoms with E-state index in [0.717, 1.165) is 34.3 Å². The molecule has 3 aromatic carbocycles. The van der Waals surface area contributed by atoms with Crippen LogP contribution in [0.1, 0.15) is 11.1 Å². The second-order valence-corrected chi connectivity index (χ2v) is 5.93. The van der Waals surface area contributed by atoms with E-state index in [9.17, 15) is 4.39 Å². The lowest BCUT2D eigenvalue weighted by Crippen LogP contribution is -1.85. The van der Waals surface area contributed by atoms with Crippen molar-refractivity contribution in [3.63, 3.8) is 0 Å². The van der Waals surface area contributed by atoms with Crippen molar-refractivity contribution in [2.45, 2.75) is 6.42 Å². The summed E-state index contributed by atoms with van der Waals surface area (Å²) in [5, 5.41) is 1.10. The van der Waals surface area contributed by atoms with Gasteiger partial charge in [-0.25, -0.2) is 4.39 Å². The monoisotopic (exact) mass is 328 g/mol. The van der Waals surface area contributed by atoms with Gasteiger partial charge in [0, 0.05) is 16.5 Å². The lowest BCUT2D eigenvalue weighted by molar-refractivity contribution is 0.621. The number of hydrogen-bond donors (Lipinski definition) is 0. The van der Waals surface area contributed by atoms with E-state index >= 15 is 0 Å². The molecule has 4 aromatic rings. The molecule has 0 spiro atoms. The largest absolute Gasteiger partial charge is 0.456 e. The van der Waals surface area contributed by atoms with Crippen molar-refractivity contribution < 1.29 is 8.81 Å². The maximum absolute atomic E-state index is 13.3. The summed E-state index contributed by atoms with van der Waals surface area (Å²) in [6.07, 6.45) is 4.99. The maximum Gasteiger partial charge on any atom is 0.138 e. The summed E-state index contributed by atoms with van der Waals surface area (Å²) in [4.78, 5) is 0. The summed E-state index contributed by atoms with van der Waals surface area (Å²) in [5.74, 6) is 0.560. The fourth-order valence-corrected chi connectivity index (χ4v) is 3.01. The second-order valence-electron chi connectivity index (χ2n) is 5.93. The zero-order chi connectivity index (χ0) is 17.1. The first-order valence-electron chi connectivity index (χ1n) is 8.29. The first-order valence-corrected chi connectivity index (χ1v) is 8.29. The van der Waals surface area contributed by atoms with Crippen molar-refractivity contribution in [1.82, 2.24) is 0 Å². The van der Waals surface area contributed by atoms with E-state index < -0.39 is 0 Å². The molecule has 0 saturated carbocycles. The minimum absolute atomic E-state index is 0.245. The normalized spacial score (nSPS) is 11.4. The Bertz CT molecular complexity index is 1010. The molecule has 0 N–H and O–H groups in total. The molecule has 25 heavy (non-hydrogen) atoms. The van der Waals surface area contributed by atoms with Crippen molar-refractivity contribution >= 4 is 17.0 Å². The molecule has 0 fully saturated rings. The van der Waals surface area contributed by atoms with Crippen molar-refractivity contribution in [2.24, 2.45) is 0 Å². The van der Waals surface area contributed by atoms with Gasteiger partial charge in [0.15, 0.2) is 0 Å². The Morgan fingerprint density at radius 3 is 2.32 bits per heavy atom. The third-order valence-corrected chi connectivity index (χ3v) is 4.24. The molecule has 0 aliphatic rings. The Morgan fingerprint density at radius 2 is 1.52 bits per heavy atom. The lowest BCUT2D eigenvalue weighted by Gasteiger charge is -2.01. The molecule has 1 heterocycles. The molecule has 0 unspecified atom stereocenters. The zero-order valence-electron chi connectivity index (χ0n) is 13.7. The number of rotatable bonds is 4. The molecule has 0 atom stereocenters. The first-order chi connectivity index (χ1) is 12.3. The van der Waals surface area contributed by atoms with Crippen molar-refractivity contribution in [3.8, 4) is 11.3 Å². The van der Waals surface area contributed by atoms with Crippen LogP contribution in [0.4, 0.5) is 4.39 Å². The van der Waals surface area contributed by atoms with Gasteiger partial charge in [0.05, 0.1) is 0 Å². The molecular formula is C23H17FO. The van der Waals surface area contributed by atoms with Crippen LogP contribution in [0.5, 0.6) is 0 Å². The van der Waals surface area contributed by atoms with Crippen LogP contribution in [-0.2, 0) is 6.42 Å². The number of fused-ring (bicyclic) bond motifs is 1. The second kappa shape index (κ2) is 6.78. The van der Waals surface area contributed by atoms with E-state index in [0.29, 0.717) is 0 Å². The minimum Gasteiger partial charge on any atom is -0.456 e. The molecule has 1 aromatic heterocycles. The van der Waals surface area contributed by atoms with E-state index in [2.05, 4.69) is 30.4 Å². The molecule has 0 aliphatic heterocycles. The number of benzene rings is 3. The van der Waals surface area contributed by atoms with E-state index in [1.165, 1.54) is 17.7 Å². The summed E-state index contributed by atoms with van der Waals surface area (Å²) in [5.41, 5.74) is 4.03. The van der Waals surface area contributed by atoms with Crippen LogP contribution < -0.4 is 0 Å². The first kappa shape index (κ1) is 15.4. The summed E-state index contributed by atoms with van der Waals surface area (Å²) >= 11 is 0. The molecule has 4 rings (SSSR count). The molecule has 0 radical (unpaired) electrons. The number of furan rings is 1. The minimum atomic E-state index is -0.245. The number of allylic oxidation sites excluding steroid dienone is 1. The number of para-hydroxylation sites is 1. The number of hydrogen-bond acceptors (Lipinski definition) is 1. The van der Waals surface area contributed by atoms with Crippen LogP contribution in [0.3, 0.4) is 0 Å². The standard InChI is InChI=1S/C23H17FO/c24-19-15-13-18(14-16-19)23-21(20-10-4-5-12-22(20)25-23)11-6-9-17-7-2-1-3-8-17/h1-10,12-16H,11H2/b9-6+. The van der Waals surface area contributed by atoms with Gasteiger partial charge >= 0.3 is 0 Å². The predicted molar refractivity (Wildman–Crippen MR) is 101 cm³/mol. The molecule has 0 aliphatic carbocycles. The van der Waals surface area contributed by atoms with Crippen molar-refractivity contribution in [1.29, 1.82) is 0 Å². The summed E-state index contributed by atoms with van der Waals surface area (Å²) in [7, 11) is 0. The molecule has 0 saturated heterocycles. The third kappa shape index (κ3) is 3.24. The highest BCUT2D eigenvalue weighted by Gasteiger charge is 2.14. The van der Waals surface area contributed by atoms with Crippen LogP contribution in [0.25, 0.3) is 28.4 Å². The van der Waals surface area contributed by atoms with Gasteiger partial charge in [-0.2, -0.15) is 0 Å². The van der Waals surface area contributed by atoms with Crippen LogP contribution in [0.2, 0.25) is 0 Å². The van der Waals surface area contributed by atoms with E-state index in [4.69, 9.17) is 4.42 Å². The van der Waals surface area contributed by atoms with Gasteiger partial charge in [0.1, 0.15) is 17.2 Å². The SMILES string of the molecule is Fc1ccc(-c2oc3ccccc3c2C/C=C/c2ccccc2)cc1. The van der Waals surface area contributed by atoms with Gasteiger partial charge in [-0.1, -0.05) is 60.7 Å². The van der Waals surface area contributed by atoms with Crippen LogP contribution in [0.15, 0.2) is 89.4 Å². The molecule has 122 valence electrons. The Labute approximate surface area is 146 Å². The van der Waals surface area contributed by atoms with E-state index in [1.54, 1.807) is 12.1 Å². The van der Waals surface area contributed by atoms with Crippen molar-refractivity contribution in [3.05, 3.63) is 102 Å².